The highest BCUT2D eigenvalue weighted by Gasteiger charge is 2.67. The molecule has 4 heteroatoms. The summed E-state index contributed by atoms with van der Waals surface area (Å²) >= 11 is 0. The van der Waals surface area contributed by atoms with Crippen LogP contribution in [0.3, 0.4) is 0 Å². The Morgan fingerprint density at radius 2 is 1.92 bits per heavy atom. The Hall–Kier alpha value is -1.42. The van der Waals surface area contributed by atoms with Crippen LogP contribution in [0.5, 0.6) is 0 Å². The number of nitro groups is 1. The van der Waals surface area contributed by atoms with Crippen molar-refractivity contribution in [3.63, 3.8) is 0 Å². The molecule has 2 fully saturated rings. The Kier molecular flexibility index (Phi) is 5.24. The van der Waals surface area contributed by atoms with Gasteiger partial charge in [-0.15, -0.1) is 0 Å². The Bertz CT molecular complexity index is 575. The summed E-state index contributed by atoms with van der Waals surface area (Å²) in [5.74, 6) is 1.40. The molecule has 1 aliphatic heterocycles. The number of rotatable bonds is 9. The van der Waals surface area contributed by atoms with Gasteiger partial charge in [-0.05, 0) is 36.8 Å². The van der Waals surface area contributed by atoms with Gasteiger partial charge in [0.1, 0.15) is 0 Å². The van der Waals surface area contributed by atoms with Crippen molar-refractivity contribution in [3.05, 3.63) is 39.9 Å². The van der Waals surface area contributed by atoms with Crippen LogP contribution < -0.4 is 0 Å². The quantitative estimate of drug-likeness (QED) is 0.372. The van der Waals surface area contributed by atoms with E-state index in [1.807, 2.05) is 12.1 Å². The standard InChI is InChI=1S/C20H30N2O2/c1-3-5-6-7-12-21-14-18-19(15-21)20(18,11-4-2)16-9-8-10-17(13-16)22(23)24/h8-10,13,18-19H,3-7,11-12,14-15H2,1-2H3. The number of fused-ring (bicyclic) bond motifs is 1. The minimum absolute atomic E-state index is 0.209. The highest BCUT2D eigenvalue weighted by molar-refractivity contribution is 5.45. The predicted molar refractivity (Wildman–Crippen MR) is 97.2 cm³/mol. The van der Waals surface area contributed by atoms with E-state index in [4.69, 9.17) is 0 Å². The van der Waals surface area contributed by atoms with Crippen molar-refractivity contribution in [3.8, 4) is 0 Å². The van der Waals surface area contributed by atoms with Crippen LogP contribution in [-0.2, 0) is 5.41 Å². The zero-order valence-corrected chi connectivity index (χ0v) is 15.0. The van der Waals surface area contributed by atoms with Crippen molar-refractivity contribution in [2.45, 2.75) is 57.8 Å². The maximum atomic E-state index is 11.1. The lowest BCUT2D eigenvalue weighted by atomic mass is 9.85. The summed E-state index contributed by atoms with van der Waals surface area (Å²) in [6.07, 6.45) is 7.59. The van der Waals surface area contributed by atoms with Crippen molar-refractivity contribution < 1.29 is 4.92 Å². The van der Waals surface area contributed by atoms with Crippen LogP contribution in [0.2, 0.25) is 0 Å². The zero-order valence-electron chi connectivity index (χ0n) is 15.0. The SMILES string of the molecule is CCCCCCN1CC2C(C1)C2(CCC)c1cccc([N+](=O)[O-])c1. The van der Waals surface area contributed by atoms with Crippen LogP contribution in [0.15, 0.2) is 24.3 Å². The van der Waals surface area contributed by atoms with E-state index in [-0.39, 0.29) is 16.0 Å². The smallest absolute Gasteiger partial charge is 0.269 e. The molecule has 3 rings (SSSR count). The van der Waals surface area contributed by atoms with Gasteiger partial charge in [0, 0.05) is 30.6 Å². The van der Waals surface area contributed by atoms with Crippen LogP contribution in [0.25, 0.3) is 0 Å². The average molecular weight is 330 g/mol. The molecule has 2 aliphatic rings. The number of likely N-dealkylation sites (tertiary alicyclic amines) is 1. The molecule has 0 bridgehead atoms. The van der Waals surface area contributed by atoms with Crippen LogP contribution in [-0.4, -0.2) is 29.5 Å². The first-order valence-corrected chi connectivity index (χ1v) is 9.60. The third-order valence-electron chi connectivity index (χ3n) is 6.20. The third kappa shape index (κ3) is 3.08. The second-order valence-electron chi connectivity index (χ2n) is 7.63. The van der Waals surface area contributed by atoms with Gasteiger partial charge < -0.3 is 4.90 Å². The van der Waals surface area contributed by atoms with Gasteiger partial charge in [0.15, 0.2) is 0 Å². The molecule has 0 radical (unpaired) electrons. The molecule has 1 saturated heterocycles. The maximum absolute atomic E-state index is 11.1. The molecule has 2 atom stereocenters. The van der Waals surface area contributed by atoms with Gasteiger partial charge in [0.25, 0.3) is 5.69 Å². The van der Waals surface area contributed by atoms with Gasteiger partial charge >= 0.3 is 0 Å². The Morgan fingerprint density at radius 1 is 1.17 bits per heavy atom. The fourth-order valence-electron chi connectivity index (χ4n) is 5.03. The van der Waals surface area contributed by atoms with E-state index in [1.165, 1.54) is 50.9 Å². The summed E-state index contributed by atoms with van der Waals surface area (Å²) in [6, 6.07) is 7.43. The number of piperidine rings is 1. The van der Waals surface area contributed by atoms with Gasteiger partial charge in [-0.2, -0.15) is 0 Å². The molecule has 1 aromatic rings. The number of non-ortho nitro benzene ring substituents is 1. The lowest BCUT2D eigenvalue weighted by molar-refractivity contribution is -0.384. The number of nitro benzene ring substituents is 1. The van der Waals surface area contributed by atoms with Crippen molar-refractivity contribution in [1.29, 1.82) is 0 Å². The van der Waals surface area contributed by atoms with E-state index >= 15 is 0 Å². The summed E-state index contributed by atoms with van der Waals surface area (Å²) in [7, 11) is 0. The van der Waals surface area contributed by atoms with E-state index < -0.39 is 0 Å². The van der Waals surface area contributed by atoms with Gasteiger partial charge in [0.05, 0.1) is 4.92 Å². The van der Waals surface area contributed by atoms with Crippen molar-refractivity contribution in [2.75, 3.05) is 19.6 Å². The fourth-order valence-corrected chi connectivity index (χ4v) is 5.03. The van der Waals surface area contributed by atoms with Crippen LogP contribution >= 0.6 is 0 Å². The van der Waals surface area contributed by atoms with Crippen LogP contribution in [0, 0.1) is 22.0 Å². The fraction of sp³-hybridized carbons (Fsp3) is 0.700. The summed E-state index contributed by atoms with van der Waals surface area (Å²) in [5, 5.41) is 11.1. The minimum Gasteiger partial charge on any atom is -0.303 e. The molecule has 1 aromatic carbocycles. The molecule has 1 heterocycles. The number of hydrogen-bond donors (Lipinski definition) is 0. The van der Waals surface area contributed by atoms with Gasteiger partial charge in [0.2, 0.25) is 0 Å². The summed E-state index contributed by atoms with van der Waals surface area (Å²) in [5.41, 5.74) is 1.66. The second-order valence-corrected chi connectivity index (χ2v) is 7.63. The first-order valence-electron chi connectivity index (χ1n) is 9.60. The summed E-state index contributed by atoms with van der Waals surface area (Å²) < 4.78 is 0. The largest absolute Gasteiger partial charge is 0.303 e. The van der Waals surface area contributed by atoms with Crippen molar-refractivity contribution >= 4 is 5.69 Å². The molecule has 4 nitrogen and oxygen atoms in total. The van der Waals surface area contributed by atoms with E-state index in [9.17, 15) is 10.1 Å². The topological polar surface area (TPSA) is 46.4 Å². The number of hydrogen-bond acceptors (Lipinski definition) is 3. The summed E-state index contributed by atoms with van der Waals surface area (Å²) in [6.45, 7) is 8.07. The molecule has 2 unspecified atom stereocenters. The third-order valence-corrected chi connectivity index (χ3v) is 6.20. The molecule has 0 N–H and O–H groups in total. The van der Waals surface area contributed by atoms with E-state index in [1.54, 1.807) is 6.07 Å². The highest BCUT2D eigenvalue weighted by Crippen LogP contribution is 2.66. The molecule has 0 spiro atoms. The number of unbranched alkanes of at least 4 members (excludes halogenated alkanes) is 3. The molecule has 0 aromatic heterocycles. The Morgan fingerprint density at radius 3 is 2.54 bits per heavy atom. The van der Waals surface area contributed by atoms with E-state index in [0.29, 0.717) is 11.8 Å². The molecule has 132 valence electrons. The monoisotopic (exact) mass is 330 g/mol. The molecule has 24 heavy (non-hydrogen) atoms. The van der Waals surface area contributed by atoms with Crippen LogP contribution in [0.4, 0.5) is 5.69 Å². The lowest BCUT2D eigenvalue weighted by Crippen LogP contribution is -2.31. The minimum atomic E-state index is -0.263. The van der Waals surface area contributed by atoms with Crippen LogP contribution in [0.1, 0.15) is 57.9 Å². The average Bonchev–Trinajstić information content (AvgIpc) is 2.96. The van der Waals surface area contributed by atoms with Crippen molar-refractivity contribution in [2.24, 2.45) is 11.8 Å². The number of nitrogens with zero attached hydrogens (tertiary/aromatic N) is 2. The molecular formula is C20H30N2O2. The Labute approximate surface area is 145 Å². The number of benzene rings is 1. The molecule has 1 aliphatic carbocycles. The van der Waals surface area contributed by atoms with Gasteiger partial charge in [-0.25, -0.2) is 0 Å². The normalized spacial score (nSPS) is 28.8. The zero-order chi connectivity index (χ0) is 17.2. The Balaban J connectivity index is 1.66. The highest BCUT2D eigenvalue weighted by atomic mass is 16.6. The molecule has 1 saturated carbocycles. The second kappa shape index (κ2) is 7.22. The van der Waals surface area contributed by atoms with E-state index in [2.05, 4.69) is 24.8 Å². The van der Waals surface area contributed by atoms with Crippen molar-refractivity contribution in [1.82, 2.24) is 4.90 Å². The van der Waals surface area contributed by atoms with Gasteiger partial charge in [-0.1, -0.05) is 51.7 Å². The summed E-state index contributed by atoms with van der Waals surface area (Å²) in [4.78, 5) is 13.5. The van der Waals surface area contributed by atoms with Gasteiger partial charge in [-0.3, -0.25) is 10.1 Å². The molecular weight excluding hydrogens is 300 g/mol. The van der Waals surface area contributed by atoms with E-state index in [0.717, 1.165) is 12.8 Å². The predicted octanol–water partition coefficient (Wildman–Crippen LogP) is 4.77. The first kappa shape index (κ1) is 17.4. The lowest BCUT2D eigenvalue weighted by Gasteiger charge is -2.27. The first-order chi connectivity index (χ1) is 11.6. The maximum Gasteiger partial charge on any atom is 0.269 e. The molecule has 0 amide bonds.